The van der Waals surface area contributed by atoms with Crippen molar-refractivity contribution in [2.24, 2.45) is 5.92 Å². The number of amides is 1. The number of benzene rings is 1. The molecule has 2 aliphatic rings. The third-order valence-corrected chi connectivity index (χ3v) is 5.97. The Kier molecular flexibility index (Phi) is 4.09. The number of carbonyl (C=O) groups excluding carboxylic acids is 1. The van der Waals surface area contributed by atoms with Gasteiger partial charge < -0.3 is 16.0 Å². The van der Waals surface area contributed by atoms with E-state index < -0.39 is 11.7 Å². The lowest BCUT2D eigenvalue weighted by Gasteiger charge is -2.16. The van der Waals surface area contributed by atoms with E-state index in [9.17, 15) is 4.79 Å². The minimum absolute atomic E-state index is 0.0823. The molecule has 1 aromatic heterocycles. The van der Waals surface area contributed by atoms with Crippen molar-refractivity contribution in [3.8, 4) is 11.1 Å². The van der Waals surface area contributed by atoms with Crippen LogP contribution in [0.25, 0.3) is 11.1 Å². The molecule has 1 saturated carbocycles. The van der Waals surface area contributed by atoms with Gasteiger partial charge in [0.1, 0.15) is 11.6 Å². The van der Waals surface area contributed by atoms with E-state index in [0.29, 0.717) is 17.0 Å². The van der Waals surface area contributed by atoms with Crippen molar-refractivity contribution in [3.05, 3.63) is 41.3 Å². The van der Waals surface area contributed by atoms with Crippen LogP contribution in [0, 0.1) is 11.7 Å². The highest BCUT2D eigenvalue weighted by Crippen LogP contribution is 2.60. The van der Waals surface area contributed by atoms with Crippen molar-refractivity contribution in [2.45, 2.75) is 31.6 Å². The first kappa shape index (κ1) is 17.8. The first-order valence-electron chi connectivity index (χ1n) is 9.43. The van der Waals surface area contributed by atoms with Gasteiger partial charge in [0.05, 0.1) is 5.56 Å². The number of rotatable bonds is 4. The lowest BCUT2D eigenvalue weighted by molar-refractivity contribution is 0.0824. The Bertz CT molecular complexity index is 927. The van der Waals surface area contributed by atoms with Crippen LogP contribution in [0.4, 0.5) is 15.9 Å². The Morgan fingerprint density at radius 3 is 2.93 bits per heavy atom. The van der Waals surface area contributed by atoms with Crippen LogP contribution in [0.15, 0.2) is 24.4 Å². The summed E-state index contributed by atoms with van der Waals surface area (Å²) >= 11 is 0. The van der Waals surface area contributed by atoms with Crippen molar-refractivity contribution in [3.63, 3.8) is 0 Å². The number of nitrogens with one attached hydrogen (secondary N) is 1. The van der Waals surface area contributed by atoms with Crippen LogP contribution in [0.1, 0.15) is 42.1 Å². The fraction of sp³-hybridized carbons (Fsp3) is 0.429. The topological polar surface area (TPSA) is 71.2 Å². The van der Waals surface area contributed by atoms with E-state index >= 15 is 4.39 Å². The molecule has 0 unspecified atom stereocenters. The summed E-state index contributed by atoms with van der Waals surface area (Å²) < 4.78 is 15.2. The second-order valence-electron chi connectivity index (χ2n) is 7.91. The van der Waals surface area contributed by atoms with Crippen LogP contribution in [0.3, 0.4) is 0 Å². The van der Waals surface area contributed by atoms with Crippen LogP contribution in [0.5, 0.6) is 0 Å². The average molecular weight is 368 g/mol. The smallest absolute Gasteiger partial charge is 0.258 e. The number of nitrogens with two attached hydrogens (primary N) is 1. The molecule has 1 aliphatic carbocycles. The first-order chi connectivity index (χ1) is 12.9. The molecule has 1 amide bonds. The molecule has 0 saturated heterocycles. The molecule has 1 aliphatic heterocycles. The highest BCUT2D eigenvalue weighted by molar-refractivity contribution is 6.00. The quantitative estimate of drug-likeness (QED) is 0.808. The fourth-order valence-corrected chi connectivity index (χ4v) is 4.38. The van der Waals surface area contributed by atoms with Gasteiger partial charge in [-0.2, -0.15) is 0 Å². The van der Waals surface area contributed by atoms with Crippen LogP contribution in [-0.4, -0.2) is 36.4 Å². The Balaban J connectivity index is 1.77. The molecule has 1 aromatic carbocycles. The summed E-state index contributed by atoms with van der Waals surface area (Å²) in [6.45, 7) is 3.11. The standard InChI is InChI=1S/C21H25FN4O/c1-4-5-13-9-21(13)11-25-19-15(21)8-12(10-24-19)14-6-7-16(23)17(18(14)22)20(27)26(2)3/h6-8,10,13H,4-5,9,11,23H2,1-3H3,(H,24,25)/t13-,21-/m0/s1. The molecule has 142 valence electrons. The lowest BCUT2D eigenvalue weighted by atomic mass is 9.92. The van der Waals surface area contributed by atoms with Gasteiger partial charge in [0.15, 0.2) is 0 Å². The van der Waals surface area contributed by atoms with E-state index in [2.05, 4.69) is 17.2 Å². The highest BCUT2D eigenvalue weighted by Gasteiger charge is 2.58. The van der Waals surface area contributed by atoms with Crippen molar-refractivity contribution in [1.82, 2.24) is 9.88 Å². The fourth-order valence-electron chi connectivity index (χ4n) is 4.38. The number of nitrogens with zero attached hydrogens (tertiary/aromatic N) is 2. The van der Waals surface area contributed by atoms with E-state index in [-0.39, 0.29) is 16.7 Å². The molecule has 2 heterocycles. The number of nitrogen functional groups attached to an aromatic ring is 1. The van der Waals surface area contributed by atoms with E-state index in [0.717, 1.165) is 25.2 Å². The molecule has 3 N–H and O–H groups in total. The van der Waals surface area contributed by atoms with Gasteiger partial charge in [-0.3, -0.25) is 4.79 Å². The van der Waals surface area contributed by atoms with Gasteiger partial charge in [0.25, 0.3) is 5.91 Å². The number of fused-ring (bicyclic) bond motifs is 2. The van der Waals surface area contributed by atoms with Gasteiger partial charge in [-0.1, -0.05) is 13.3 Å². The molecule has 1 fully saturated rings. The second kappa shape index (κ2) is 6.22. The zero-order valence-corrected chi connectivity index (χ0v) is 16.0. The molecule has 2 aromatic rings. The number of anilines is 2. The van der Waals surface area contributed by atoms with Crippen LogP contribution in [0.2, 0.25) is 0 Å². The maximum Gasteiger partial charge on any atom is 0.258 e. The minimum atomic E-state index is -0.587. The molecular weight excluding hydrogens is 343 g/mol. The summed E-state index contributed by atoms with van der Waals surface area (Å²) in [5.74, 6) is 0.536. The van der Waals surface area contributed by atoms with Crippen molar-refractivity contribution >= 4 is 17.4 Å². The lowest BCUT2D eigenvalue weighted by Crippen LogP contribution is -2.24. The zero-order valence-electron chi connectivity index (χ0n) is 16.0. The Morgan fingerprint density at radius 2 is 2.22 bits per heavy atom. The average Bonchev–Trinajstić information content (AvgIpc) is 3.21. The monoisotopic (exact) mass is 368 g/mol. The summed E-state index contributed by atoms with van der Waals surface area (Å²) in [6.07, 6.45) is 5.18. The molecule has 6 heteroatoms. The molecule has 4 rings (SSSR count). The van der Waals surface area contributed by atoms with Crippen molar-refractivity contribution < 1.29 is 9.18 Å². The normalized spacial score (nSPS) is 22.4. The predicted octanol–water partition coefficient (Wildman–Crippen LogP) is 3.66. The number of hydrogen-bond donors (Lipinski definition) is 2. The van der Waals surface area contributed by atoms with Gasteiger partial charge in [0.2, 0.25) is 0 Å². The van der Waals surface area contributed by atoms with Gasteiger partial charge in [-0.25, -0.2) is 9.37 Å². The van der Waals surface area contributed by atoms with Crippen LogP contribution >= 0.6 is 0 Å². The Hall–Kier alpha value is -2.63. The molecule has 0 radical (unpaired) electrons. The Labute approximate surface area is 158 Å². The van der Waals surface area contributed by atoms with E-state index in [1.807, 2.05) is 6.07 Å². The molecular formula is C21H25FN4O. The third kappa shape index (κ3) is 2.66. The van der Waals surface area contributed by atoms with Gasteiger partial charge in [-0.05, 0) is 37.0 Å². The maximum absolute atomic E-state index is 15.2. The Morgan fingerprint density at radius 1 is 1.44 bits per heavy atom. The second-order valence-corrected chi connectivity index (χ2v) is 7.91. The molecule has 2 atom stereocenters. The SMILES string of the molecule is CCC[C@H]1C[C@]12CNc1ncc(-c3ccc(N)c(C(=O)N(C)C)c3F)cc12. The number of halogens is 1. The van der Waals surface area contributed by atoms with Gasteiger partial charge >= 0.3 is 0 Å². The molecule has 27 heavy (non-hydrogen) atoms. The van der Waals surface area contributed by atoms with Crippen molar-refractivity contribution in [1.29, 1.82) is 0 Å². The summed E-state index contributed by atoms with van der Waals surface area (Å²) in [7, 11) is 3.17. The van der Waals surface area contributed by atoms with Crippen LogP contribution < -0.4 is 11.1 Å². The van der Waals surface area contributed by atoms with E-state index in [1.165, 1.54) is 16.9 Å². The summed E-state index contributed by atoms with van der Waals surface area (Å²) in [5, 5.41) is 3.40. The molecule has 0 bridgehead atoms. The van der Waals surface area contributed by atoms with Gasteiger partial charge in [0, 0.05) is 54.6 Å². The highest BCUT2D eigenvalue weighted by atomic mass is 19.1. The zero-order chi connectivity index (χ0) is 19.3. The summed E-state index contributed by atoms with van der Waals surface area (Å²) in [6, 6.07) is 5.26. The predicted molar refractivity (Wildman–Crippen MR) is 105 cm³/mol. The van der Waals surface area contributed by atoms with E-state index in [1.54, 1.807) is 32.4 Å². The number of carbonyl (C=O) groups is 1. The maximum atomic E-state index is 15.2. The minimum Gasteiger partial charge on any atom is -0.398 e. The summed E-state index contributed by atoms with van der Waals surface area (Å²) in [5.41, 5.74) is 8.31. The number of hydrogen-bond acceptors (Lipinski definition) is 4. The van der Waals surface area contributed by atoms with Gasteiger partial charge in [-0.15, -0.1) is 0 Å². The third-order valence-electron chi connectivity index (χ3n) is 5.97. The summed E-state index contributed by atoms with van der Waals surface area (Å²) in [4.78, 5) is 18.2. The number of aromatic nitrogens is 1. The first-order valence-corrected chi connectivity index (χ1v) is 9.43. The molecule has 1 spiro atoms. The van der Waals surface area contributed by atoms with E-state index in [4.69, 9.17) is 5.73 Å². The number of pyridine rings is 1. The van der Waals surface area contributed by atoms with Crippen molar-refractivity contribution in [2.75, 3.05) is 31.7 Å². The molecule has 5 nitrogen and oxygen atoms in total. The van der Waals surface area contributed by atoms with Crippen LogP contribution in [-0.2, 0) is 5.41 Å². The largest absolute Gasteiger partial charge is 0.398 e.